The number of benzene rings is 1. The van der Waals surface area contributed by atoms with E-state index in [1.807, 2.05) is 0 Å². The van der Waals surface area contributed by atoms with Gasteiger partial charge in [-0.2, -0.15) is 0 Å². The molecule has 0 saturated carbocycles. The Bertz CT molecular complexity index is 664. The van der Waals surface area contributed by atoms with E-state index in [9.17, 15) is 22.0 Å². The number of carbonyl (C=O) groups is 1. The minimum Gasteiger partial charge on any atom is -0.324 e. The Morgan fingerprint density at radius 3 is 2.77 bits per heavy atom. The smallest absolute Gasteiger partial charge is 0.321 e. The van der Waals surface area contributed by atoms with Crippen LogP contribution < -0.4 is 5.32 Å². The standard InChI is InChI=1S/C14H18F2N2O3S/c1-22(20,21)9-10-3-2-6-18(8-10)14(19)17-13-5-4-11(15)7-12(13)16/h4-5,7,10H,2-3,6,8-9H2,1H3,(H,17,19)/t10-/m1/s1. The molecule has 0 spiro atoms. The lowest BCUT2D eigenvalue weighted by Crippen LogP contribution is -2.44. The second-order valence-corrected chi connectivity index (χ2v) is 7.79. The first-order valence-electron chi connectivity index (χ1n) is 6.93. The van der Waals surface area contributed by atoms with Crippen LogP contribution in [-0.2, 0) is 9.84 Å². The summed E-state index contributed by atoms with van der Waals surface area (Å²) < 4.78 is 49.0. The van der Waals surface area contributed by atoms with Gasteiger partial charge in [-0.1, -0.05) is 0 Å². The van der Waals surface area contributed by atoms with E-state index in [2.05, 4.69) is 5.32 Å². The number of piperidine rings is 1. The Kier molecular flexibility index (Phi) is 5.00. The van der Waals surface area contributed by atoms with Gasteiger partial charge in [0.25, 0.3) is 0 Å². The van der Waals surface area contributed by atoms with Crippen LogP contribution in [0, 0.1) is 17.6 Å². The summed E-state index contributed by atoms with van der Waals surface area (Å²) in [7, 11) is -3.10. The van der Waals surface area contributed by atoms with Crippen LogP contribution in [0.1, 0.15) is 12.8 Å². The first-order chi connectivity index (χ1) is 10.2. The maximum absolute atomic E-state index is 13.5. The zero-order valence-electron chi connectivity index (χ0n) is 12.2. The highest BCUT2D eigenvalue weighted by molar-refractivity contribution is 7.90. The largest absolute Gasteiger partial charge is 0.324 e. The third-order valence-corrected chi connectivity index (χ3v) is 4.59. The number of nitrogens with one attached hydrogen (secondary N) is 1. The minimum atomic E-state index is -3.10. The van der Waals surface area contributed by atoms with E-state index in [-0.39, 0.29) is 17.4 Å². The molecule has 1 aromatic carbocycles. The van der Waals surface area contributed by atoms with E-state index in [0.717, 1.165) is 18.6 Å². The highest BCUT2D eigenvalue weighted by Crippen LogP contribution is 2.20. The summed E-state index contributed by atoms with van der Waals surface area (Å²) in [5.74, 6) is -1.66. The number of nitrogens with zero attached hydrogens (tertiary/aromatic N) is 1. The van der Waals surface area contributed by atoms with Gasteiger partial charge >= 0.3 is 6.03 Å². The van der Waals surface area contributed by atoms with Crippen molar-refractivity contribution in [2.24, 2.45) is 5.92 Å². The first kappa shape index (κ1) is 16.7. The van der Waals surface area contributed by atoms with Gasteiger partial charge in [0.05, 0.1) is 11.4 Å². The van der Waals surface area contributed by atoms with Crippen molar-refractivity contribution in [1.29, 1.82) is 0 Å². The van der Waals surface area contributed by atoms with Crippen molar-refractivity contribution in [3.05, 3.63) is 29.8 Å². The summed E-state index contributed by atoms with van der Waals surface area (Å²) >= 11 is 0. The van der Waals surface area contributed by atoms with E-state index in [0.29, 0.717) is 25.6 Å². The predicted octanol–water partition coefficient (Wildman–Crippen LogP) is 2.25. The lowest BCUT2D eigenvalue weighted by atomic mass is 10.0. The molecule has 1 heterocycles. The average Bonchev–Trinajstić information content (AvgIpc) is 2.40. The van der Waals surface area contributed by atoms with E-state index in [4.69, 9.17) is 0 Å². The molecule has 0 bridgehead atoms. The van der Waals surface area contributed by atoms with Crippen molar-refractivity contribution in [2.45, 2.75) is 12.8 Å². The van der Waals surface area contributed by atoms with E-state index >= 15 is 0 Å². The molecule has 1 aromatic rings. The number of hydrogen-bond donors (Lipinski definition) is 1. The molecule has 22 heavy (non-hydrogen) atoms. The van der Waals surface area contributed by atoms with Crippen LogP contribution in [0.25, 0.3) is 0 Å². The Hall–Kier alpha value is -1.70. The van der Waals surface area contributed by atoms with E-state index < -0.39 is 27.5 Å². The lowest BCUT2D eigenvalue weighted by molar-refractivity contribution is 0.182. The molecule has 1 saturated heterocycles. The minimum absolute atomic E-state index is 0.0295. The quantitative estimate of drug-likeness (QED) is 0.923. The van der Waals surface area contributed by atoms with Crippen LogP contribution in [0.3, 0.4) is 0 Å². The van der Waals surface area contributed by atoms with Gasteiger partial charge < -0.3 is 10.2 Å². The van der Waals surface area contributed by atoms with Gasteiger partial charge in [-0.25, -0.2) is 22.0 Å². The fraction of sp³-hybridized carbons (Fsp3) is 0.500. The molecule has 1 fully saturated rings. The normalized spacial score (nSPS) is 19.0. The summed E-state index contributed by atoms with van der Waals surface area (Å²) in [5, 5.41) is 2.39. The Morgan fingerprint density at radius 2 is 2.14 bits per heavy atom. The van der Waals surface area contributed by atoms with Crippen LogP contribution in [0.2, 0.25) is 0 Å². The first-order valence-corrected chi connectivity index (χ1v) is 8.99. The maximum atomic E-state index is 13.5. The number of carbonyl (C=O) groups excluding carboxylic acids is 1. The highest BCUT2D eigenvalue weighted by Gasteiger charge is 2.26. The maximum Gasteiger partial charge on any atom is 0.321 e. The van der Waals surface area contributed by atoms with Crippen LogP contribution in [0.5, 0.6) is 0 Å². The van der Waals surface area contributed by atoms with E-state index in [1.54, 1.807) is 0 Å². The third-order valence-electron chi connectivity index (χ3n) is 3.52. The van der Waals surface area contributed by atoms with Crippen molar-refractivity contribution in [2.75, 3.05) is 30.4 Å². The number of halogens is 2. The van der Waals surface area contributed by atoms with Crippen molar-refractivity contribution in [3.8, 4) is 0 Å². The third kappa shape index (κ3) is 4.66. The summed E-state index contributed by atoms with van der Waals surface area (Å²) in [6.07, 6.45) is 2.60. The molecule has 2 rings (SSSR count). The van der Waals surface area contributed by atoms with Gasteiger partial charge in [0.2, 0.25) is 0 Å². The second-order valence-electron chi connectivity index (χ2n) is 5.60. The summed E-state index contributed by atoms with van der Waals surface area (Å²) in [4.78, 5) is 13.6. The summed E-state index contributed by atoms with van der Waals surface area (Å²) in [6.45, 7) is 0.788. The number of likely N-dealkylation sites (tertiary alicyclic amines) is 1. The molecule has 0 aliphatic carbocycles. The fourth-order valence-corrected chi connectivity index (χ4v) is 3.73. The van der Waals surface area contributed by atoms with Crippen LogP contribution in [-0.4, -0.2) is 44.4 Å². The molecular weight excluding hydrogens is 314 g/mol. The number of rotatable bonds is 3. The molecule has 122 valence electrons. The van der Waals surface area contributed by atoms with Crippen LogP contribution in [0.15, 0.2) is 18.2 Å². The van der Waals surface area contributed by atoms with Gasteiger partial charge in [-0.05, 0) is 30.9 Å². The molecule has 8 heteroatoms. The van der Waals surface area contributed by atoms with Crippen molar-refractivity contribution < 1.29 is 22.0 Å². The van der Waals surface area contributed by atoms with E-state index in [1.165, 1.54) is 11.2 Å². The molecule has 0 radical (unpaired) electrons. The Morgan fingerprint density at radius 1 is 1.41 bits per heavy atom. The Balaban J connectivity index is 2.00. The highest BCUT2D eigenvalue weighted by atomic mass is 32.2. The fourth-order valence-electron chi connectivity index (χ4n) is 2.60. The van der Waals surface area contributed by atoms with Crippen LogP contribution in [0.4, 0.5) is 19.3 Å². The molecule has 1 aliphatic heterocycles. The number of anilines is 1. The second kappa shape index (κ2) is 6.60. The average molecular weight is 332 g/mol. The topological polar surface area (TPSA) is 66.5 Å². The number of urea groups is 1. The molecule has 1 aliphatic rings. The van der Waals surface area contributed by atoms with Gasteiger partial charge in [-0.3, -0.25) is 0 Å². The molecule has 0 aromatic heterocycles. The van der Waals surface area contributed by atoms with Crippen LogP contribution >= 0.6 is 0 Å². The zero-order valence-corrected chi connectivity index (χ0v) is 13.0. The summed E-state index contributed by atoms with van der Waals surface area (Å²) in [5.41, 5.74) is -0.100. The number of amides is 2. The monoisotopic (exact) mass is 332 g/mol. The molecule has 1 atom stereocenters. The molecule has 2 amide bonds. The van der Waals surface area contributed by atoms with Gasteiger partial charge in [0.1, 0.15) is 21.5 Å². The molecule has 1 N–H and O–H groups in total. The Labute approximate surface area is 128 Å². The number of sulfone groups is 1. The van der Waals surface area contributed by atoms with Crippen molar-refractivity contribution in [1.82, 2.24) is 4.90 Å². The molecular formula is C14H18F2N2O3S. The van der Waals surface area contributed by atoms with Crippen molar-refractivity contribution in [3.63, 3.8) is 0 Å². The summed E-state index contributed by atoms with van der Waals surface area (Å²) in [6, 6.07) is 2.39. The number of hydrogen-bond acceptors (Lipinski definition) is 3. The van der Waals surface area contributed by atoms with Gasteiger partial charge in [-0.15, -0.1) is 0 Å². The predicted molar refractivity (Wildman–Crippen MR) is 79.4 cm³/mol. The molecule has 5 nitrogen and oxygen atoms in total. The van der Waals surface area contributed by atoms with Gasteiger partial charge in [0, 0.05) is 25.4 Å². The van der Waals surface area contributed by atoms with Gasteiger partial charge in [0.15, 0.2) is 0 Å². The molecule has 0 unspecified atom stereocenters. The zero-order chi connectivity index (χ0) is 16.3. The lowest BCUT2D eigenvalue weighted by Gasteiger charge is -2.32. The SMILES string of the molecule is CS(=O)(=O)C[C@@H]1CCCN(C(=O)Nc2ccc(F)cc2F)C1. The van der Waals surface area contributed by atoms with Crippen molar-refractivity contribution >= 4 is 21.6 Å².